The maximum absolute atomic E-state index is 6.07. The largest absolute Gasteiger partial charge is 0.457 e. The molecule has 0 unspecified atom stereocenters. The van der Waals surface area contributed by atoms with Gasteiger partial charge in [-0.1, -0.05) is 61.9 Å². The zero-order chi connectivity index (χ0) is 13.5. The van der Waals surface area contributed by atoms with Gasteiger partial charge < -0.3 is 4.74 Å². The Morgan fingerprint density at radius 3 is 2.42 bits per heavy atom. The van der Waals surface area contributed by atoms with E-state index >= 15 is 0 Å². The van der Waals surface area contributed by atoms with Gasteiger partial charge in [-0.3, -0.25) is 0 Å². The lowest BCUT2D eigenvalue weighted by atomic mass is 9.81. The number of hydrogen-bond acceptors (Lipinski definition) is 1. The van der Waals surface area contributed by atoms with Crippen LogP contribution in [0, 0.1) is 6.92 Å². The number of rotatable bonds is 1. The quantitative estimate of drug-likeness (QED) is 0.712. The SMILES string of the molecule is Cc1ccc2c(c1)C(C)(C)C=C(c1ccccc1)O2. The molecule has 1 heterocycles. The minimum Gasteiger partial charge on any atom is -0.457 e. The van der Waals surface area contributed by atoms with Crippen molar-refractivity contribution in [3.8, 4) is 5.75 Å². The van der Waals surface area contributed by atoms with Crippen LogP contribution in [0.15, 0.2) is 54.6 Å². The van der Waals surface area contributed by atoms with Crippen LogP contribution < -0.4 is 4.74 Å². The van der Waals surface area contributed by atoms with E-state index in [9.17, 15) is 0 Å². The van der Waals surface area contributed by atoms with Gasteiger partial charge in [0.15, 0.2) is 0 Å². The molecule has 1 aliphatic heterocycles. The molecular formula is C18H18O. The minimum absolute atomic E-state index is 0.00915. The molecule has 1 heteroatoms. The fourth-order valence-electron chi connectivity index (χ4n) is 2.53. The zero-order valence-electron chi connectivity index (χ0n) is 11.6. The van der Waals surface area contributed by atoms with Crippen LogP contribution in [0.4, 0.5) is 0 Å². The smallest absolute Gasteiger partial charge is 0.131 e. The van der Waals surface area contributed by atoms with E-state index in [0.29, 0.717) is 0 Å². The van der Waals surface area contributed by atoms with Gasteiger partial charge in [0.2, 0.25) is 0 Å². The average molecular weight is 250 g/mol. The lowest BCUT2D eigenvalue weighted by molar-refractivity contribution is 0.461. The molecule has 0 saturated heterocycles. The molecule has 96 valence electrons. The first kappa shape index (κ1) is 12.0. The molecule has 2 aromatic rings. The summed E-state index contributed by atoms with van der Waals surface area (Å²) in [5.74, 6) is 1.92. The second-order valence-corrected chi connectivity index (χ2v) is 5.70. The first-order valence-electron chi connectivity index (χ1n) is 6.63. The van der Waals surface area contributed by atoms with E-state index in [1.807, 2.05) is 18.2 Å². The topological polar surface area (TPSA) is 9.23 Å². The van der Waals surface area contributed by atoms with Gasteiger partial charge in [0.05, 0.1) is 0 Å². The highest BCUT2D eigenvalue weighted by Gasteiger charge is 2.28. The van der Waals surface area contributed by atoms with Gasteiger partial charge in [0, 0.05) is 16.5 Å². The molecule has 1 aliphatic rings. The van der Waals surface area contributed by atoms with Gasteiger partial charge >= 0.3 is 0 Å². The van der Waals surface area contributed by atoms with E-state index < -0.39 is 0 Å². The Morgan fingerprint density at radius 1 is 0.947 bits per heavy atom. The average Bonchev–Trinajstić information content (AvgIpc) is 2.40. The van der Waals surface area contributed by atoms with E-state index in [1.165, 1.54) is 11.1 Å². The molecule has 0 aliphatic carbocycles. The molecule has 0 spiro atoms. The van der Waals surface area contributed by atoms with E-state index in [4.69, 9.17) is 4.74 Å². The van der Waals surface area contributed by atoms with Crippen LogP contribution in [0.2, 0.25) is 0 Å². The van der Waals surface area contributed by atoms with Gasteiger partial charge in [-0.2, -0.15) is 0 Å². The molecule has 0 N–H and O–H groups in total. The van der Waals surface area contributed by atoms with Crippen molar-refractivity contribution in [1.82, 2.24) is 0 Å². The summed E-state index contributed by atoms with van der Waals surface area (Å²) in [6.45, 7) is 6.58. The van der Waals surface area contributed by atoms with Crippen LogP contribution in [0.5, 0.6) is 5.75 Å². The Kier molecular flexibility index (Phi) is 2.70. The van der Waals surface area contributed by atoms with Gasteiger partial charge in [-0.25, -0.2) is 0 Å². The molecule has 0 bridgehead atoms. The number of fused-ring (bicyclic) bond motifs is 1. The van der Waals surface area contributed by atoms with Crippen molar-refractivity contribution in [3.63, 3.8) is 0 Å². The van der Waals surface area contributed by atoms with Crippen LogP contribution in [-0.2, 0) is 5.41 Å². The predicted octanol–water partition coefficient (Wildman–Crippen LogP) is 4.71. The first-order valence-corrected chi connectivity index (χ1v) is 6.63. The highest BCUT2D eigenvalue weighted by atomic mass is 16.5. The van der Waals surface area contributed by atoms with Crippen LogP contribution in [0.1, 0.15) is 30.5 Å². The van der Waals surface area contributed by atoms with Gasteiger partial charge in [0.1, 0.15) is 11.5 Å². The van der Waals surface area contributed by atoms with Crippen molar-refractivity contribution >= 4 is 5.76 Å². The number of aryl methyl sites for hydroxylation is 1. The molecule has 3 rings (SSSR count). The maximum Gasteiger partial charge on any atom is 0.131 e. The predicted molar refractivity (Wildman–Crippen MR) is 79.3 cm³/mol. The fourth-order valence-corrected chi connectivity index (χ4v) is 2.53. The van der Waals surface area contributed by atoms with Crippen LogP contribution in [-0.4, -0.2) is 0 Å². The lowest BCUT2D eigenvalue weighted by Gasteiger charge is -2.31. The van der Waals surface area contributed by atoms with Crippen molar-refractivity contribution < 1.29 is 4.74 Å². The summed E-state index contributed by atoms with van der Waals surface area (Å²) >= 11 is 0. The third kappa shape index (κ3) is 2.17. The van der Waals surface area contributed by atoms with Crippen molar-refractivity contribution in [3.05, 3.63) is 71.3 Å². The second kappa shape index (κ2) is 4.27. The summed E-state index contributed by atoms with van der Waals surface area (Å²) < 4.78 is 6.07. The Balaban J connectivity index is 2.10. The Morgan fingerprint density at radius 2 is 1.68 bits per heavy atom. The molecule has 1 nitrogen and oxygen atoms in total. The molecule has 0 aromatic heterocycles. The first-order chi connectivity index (χ1) is 9.06. The number of benzene rings is 2. The summed E-state index contributed by atoms with van der Waals surface area (Å²) in [6.07, 6.45) is 2.21. The van der Waals surface area contributed by atoms with Crippen LogP contribution >= 0.6 is 0 Å². The number of hydrogen-bond donors (Lipinski definition) is 0. The summed E-state index contributed by atoms with van der Waals surface area (Å²) in [7, 11) is 0. The summed E-state index contributed by atoms with van der Waals surface area (Å²) in [5, 5.41) is 0. The highest BCUT2D eigenvalue weighted by Crippen LogP contribution is 2.41. The van der Waals surface area contributed by atoms with E-state index in [-0.39, 0.29) is 5.41 Å². The summed E-state index contributed by atoms with van der Waals surface area (Å²) in [5.41, 5.74) is 3.64. The number of ether oxygens (including phenoxy) is 1. The summed E-state index contributed by atoms with van der Waals surface area (Å²) in [6, 6.07) is 16.7. The third-order valence-corrected chi connectivity index (χ3v) is 3.60. The molecule has 0 fully saturated rings. The van der Waals surface area contributed by atoms with E-state index in [1.54, 1.807) is 0 Å². The van der Waals surface area contributed by atoms with Crippen molar-refractivity contribution in [2.75, 3.05) is 0 Å². The van der Waals surface area contributed by atoms with E-state index in [0.717, 1.165) is 17.1 Å². The lowest BCUT2D eigenvalue weighted by Crippen LogP contribution is -2.21. The van der Waals surface area contributed by atoms with Crippen molar-refractivity contribution in [2.45, 2.75) is 26.2 Å². The standard InChI is InChI=1S/C18H18O/c1-13-9-10-16-15(11-13)18(2,3)12-17(19-16)14-7-5-4-6-8-14/h4-12H,1-3H3. The van der Waals surface area contributed by atoms with Crippen molar-refractivity contribution in [1.29, 1.82) is 0 Å². The van der Waals surface area contributed by atoms with Crippen molar-refractivity contribution in [2.24, 2.45) is 0 Å². The monoisotopic (exact) mass is 250 g/mol. The molecule has 0 amide bonds. The second-order valence-electron chi connectivity index (χ2n) is 5.70. The Bertz CT molecular complexity index is 636. The molecule has 19 heavy (non-hydrogen) atoms. The van der Waals surface area contributed by atoms with Gasteiger partial charge in [-0.05, 0) is 19.1 Å². The molecule has 0 saturated carbocycles. The third-order valence-electron chi connectivity index (χ3n) is 3.60. The molecule has 2 aromatic carbocycles. The fraction of sp³-hybridized carbons (Fsp3) is 0.222. The molecule has 0 radical (unpaired) electrons. The normalized spacial score (nSPS) is 16.3. The Hall–Kier alpha value is -2.02. The summed E-state index contributed by atoms with van der Waals surface area (Å²) in [4.78, 5) is 0. The molecular weight excluding hydrogens is 232 g/mol. The van der Waals surface area contributed by atoms with Crippen LogP contribution in [0.25, 0.3) is 5.76 Å². The highest BCUT2D eigenvalue weighted by molar-refractivity contribution is 5.68. The van der Waals surface area contributed by atoms with E-state index in [2.05, 4.69) is 57.2 Å². The van der Waals surface area contributed by atoms with Crippen LogP contribution in [0.3, 0.4) is 0 Å². The van der Waals surface area contributed by atoms with Gasteiger partial charge in [0.25, 0.3) is 0 Å². The maximum atomic E-state index is 6.07. The number of allylic oxidation sites excluding steroid dienone is 1. The molecule has 0 atom stereocenters. The minimum atomic E-state index is -0.00915. The van der Waals surface area contributed by atoms with Gasteiger partial charge in [-0.15, -0.1) is 0 Å². The Labute approximate surface area is 114 Å². The zero-order valence-corrected chi connectivity index (χ0v) is 11.6.